The van der Waals surface area contributed by atoms with Crippen molar-refractivity contribution >= 4 is 11.8 Å². The molecule has 1 aliphatic rings. The monoisotopic (exact) mass is 282 g/mol. The molecule has 0 aliphatic carbocycles. The minimum atomic E-state index is -0.810. The normalized spacial score (nSPS) is 23.5. The molecule has 0 spiro atoms. The molecule has 0 aromatic heterocycles. The third-order valence-corrected chi connectivity index (χ3v) is 4.61. The number of carbonyl (C=O) groups excluding carboxylic acids is 2. The fourth-order valence-corrected chi connectivity index (χ4v) is 2.52. The number of hydrogen-bond acceptors (Lipinski definition) is 2. The lowest BCUT2D eigenvalue weighted by Crippen LogP contribution is -2.70. The molecule has 1 fully saturated rings. The van der Waals surface area contributed by atoms with Crippen LogP contribution in [0.2, 0.25) is 0 Å². The van der Waals surface area contributed by atoms with Crippen molar-refractivity contribution in [3.8, 4) is 0 Å². The Morgan fingerprint density at radius 2 is 1.70 bits per heavy atom. The van der Waals surface area contributed by atoms with Crippen molar-refractivity contribution in [1.82, 2.24) is 10.2 Å². The van der Waals surface area contributed by atoms with Gasteiger partial charge in [0.25, 0.3) is 0 Å². The molecule has 0 radical (unpaired) electrons. The Morgan fingerprint density at radius 1 is 1.20 bits per heavy atom. The van der Waals surface area contributed by atoms with Crippen LogP contribution < -0.4 is 5.32 Å². The van der Waals surface area contributed by atoms with Crippen molar-refractivity contribution in [2.75, 3.05) is 6.54 Å². The highest BCUT2D eigenvalue weighted by Crippen LogP contribution is 2.32. The van der Waals surface area contributed by atoms with Crippen molar-refractivity contribution in [2.24, 2.45) is 17.3 Å². The Balaban J connectivity index is 3.13. The van der Waals surface area contributed by atoms with Gasteiger partial charge in [0.05, 0.1) is 0 Å². The van der Waals surface area contributed by atoms with Crippen molar-refractivity contribution in [2.45, 2.75) is 67.0 Å². The van der Waals surface area contributed by atoms with Gasteiger partial charge in [0, 0.05) is 6.54 Å². The molecule has 0 aromatic carbocycles. The van der Waals surface area contributed by atoms with Gasteiger partial charge >= 0.3 is 0 Å². The lowest BCUT2D eigenvalue weighted by atomic mass is 9.79. The summed E-state index contributed by atoms with van der Waals surface area (Å²) in [4.78, 5) is 26.9. The van der Waals surface area contributed by atoms with Gasteiger partial charge in [0.15, 0.2) is 0 Å². The number of nitrogens with one attached hydrogen (secondary N) is 1. The van der Waals surface area contributed by atoms with Crippen LogP contribution in [0.1, 0.15) is 55.4 Å². The van der Waals surface area contributed by atoms with Crippen LogP contribution in [-0.2, 0) is 9.59 Å². The van der Waals surface area contributed by atoms with Gasteiger partial charge in [0.2, 0.25) is 11.8 Å². The van der Waals surface area contributed by atoms with Crippen molar-refractivity contribution in [1.29, 1.82) is 0 Å². The van der Waals surface area contributed by atoms with Gasteiger partial charge < -0.3 is 10.2 Å². The maximum absolute atomic E-state index is 12.7. The molecule has 4 nitrogen and oxygen atoms in total. The van der Waals surface area contributed by atoms with E-state index >= 15 is 0 Å². The Hall–Kier alpha value is -1.06. The van der Waals surface area contributed by atoms with Crippen LogP contribution in [0, 0.1) is 17.3 Å². The molecule has 1 aliphatic heterocycles. The Kier molecular flexibility index (Phi) is 4.57. The Bertz CT molecular complexity index is 397. The second-order valence-corrected chi connectivity index (χ2v) is 7.88. The molecule has 2 amide bonds. The van der Waals surface area contributed by atoms with Crippen LogP contribution >= 0.6 is 0 Å². The quantitative estimate of drug-likeness (QED) is 0.861. The van der Waals surface area contributed by atoms with E-state index < -0.39 is 5.54 Å². The topological polar surface area (TPSA) is 49.4 Å². The first-order chi connectivity index (χ1) is 8.90. The van der Waals surface area contributed by atoms with Gasteiger partial charge in [-0.1, -0.05) is 41.5 Å². The molecule has 1 N–H and O–H groups in total. The lowest BCUT2D eigenvalue weighted by Gasteiger charge is -2.47. The summed E-state index contributed by atoms with van der Waals surface area (Å²) < 4.78 is 0. The number of piperazine rings is 1. The first-order valence-corrected chi connectivity index (χ1v) is 7.53. The largest absolute Gasteiger partial charge is 0.340 e. The van der Waals surface area contributed by atoms with E-state index in [1.807, 2.05) is 13.8 Å². The molecule has 4 heteroatoms. The predicted molar refractivity (Wildman–Crippen MR) is 81.2 cm³/mol. The van der Waals surface area contributed by atoms with E-state index in [2.05, 4.69) is 33.0 Å². The second-order valence-electron chi connectivity index (χ2n) is 7.88. The highest BCUT2D eigenvalue weighted by atomic mass is 16.2. The molecule has 1 saturated heterocycles. The zero-order valence-electron chi connectivity index (χ0n) is 14.2. The zero-order valence-corrected chi connectivity index (χ0v) is 14.2. The van der Waals surface area contributed by atoms with Crippen LogP contribution in [-0.4, -0.2) is 34.8 Å². The van der Waals surface area contributed by atoms with E-state index in [1.54, 1.807) is 18.7 Å². The molecular weight excluding hydrogens is 252 g/mol. The predicted octanol–water partition coefficient (Wildman–Crippen LogP) is 2.43. The summed E-state index contributed by atoms with van der Waals surface area (Å²) in [5, 5.41) is 2.85. The molecular formula is C16H30N2O2. The van der Waals surface area contributed by atoms with Crippen molar-refractivity contribution < 1.29 is 9.59 Å². The second kappa shape index (κ2) is 5.38. The number of nitrogens with zero attached hydrogens (tertiary/aromatic N) is 1. The van der Waals surface area contributed by atoms with Crippen molar-refractivity contribution in [3.63, 3.8) is 0 Å². The molecule has 0 saturated carbocycles. The van der Waals surface area contributed by atoms with Crippen LogP contribution in [0.3, 0.4) is 0 Å². The summed E-state index contributed by atoms with van der Waals surface area (Å²) in [6, 6.07) is -0.367. The molecule has 0 bridgehead atoms. The van der Waals surface area contributed by atoms with E-state index in [0.29, 0.717) is 12.5 Å². The lowest BCUT2D eigenvalue weighted by molar-refractivity contribution is -0.157. The number of hydrogen-bond donors (Lipinski definition) is 1. The van der Waals surface area contributed by atoms with Crippen LogP contribution in [0.4, 0.5) is 0 Å². The highest BCUT2D eigenvalue weighted by Gasteiger charge is 2.47. The van der Waals surface area contributed by atoms with E-state index in [-0.39, 0.29) is 29.2 Å². The first kappa shape index (κ1) is 17.0. The fourth-order valence-electron chi connectivity index (χ4n) is 2.52. The molecule has 1 heterocycles. The van der Waals surface area contributed by atoms with E-state index in [4.69, 9.17) is 0 Å². The third-order valence-electron chi connectivity index (χ3n) is 4.61. The van der Waals surface area contributed by atoms with E-state index in [0.717, 1.165) is 0 Å². The van der Waals surface area contributed by atoms with Gasteiger partial charge in [-0.2, -0.15) is 0 Å². The summed E-state index contributed by atoms with van der Waals surface area (Å²) in [6.45, 7) is 16.8. The number of carbonyl (C=O) groups is 2. The van der Waals surface area contributed by atoms with Crippen LogP contribution in [0.15, 0.2) is 0 Å². The molecule has 20 heavy (non-hydrogen) atoms. The minimum Gasteiger partial charge on any atom is -0.340 e. The maximum atomic E-state index is 12.7. The molecule has 116 valence electrons. The maximum Gasteiger partial charge on any atom is 0.248 e. The summed E-state index contributed by atoms with van der Waals surface area (Å²) in [6.07, 6.45) is 0. The summed E-state index contributed by atoms with van der Waals surface area (Å²) in [7, 11) is 0. The minimum absolute atomic E-state index is 0.0174. The standard InChI is InChI=1S/C16H30N2O2/c1-10(2)12-13(19)17-16(7,8)14(20)18(12)9-15(5,6)11(3)4/h10-12H,9H2,1-8H3,(H,17,19). The molecule has 1 atom stereocenters. The average molecular weight is 282 g/mol. The van der Waals surface area contributed by atoms with Gasteiger partial charge in [-0.15, -0.1) is 0 Å². The summed E-state index contributed by atoms with van der Waals surface area (Å²) >= 11 is 0. The molecule has 1 unspecified atom stereocenters. The Morgan fingerprint density at radius 3 is 2.10 bits per heavy atom. The zero-order chi connectivity index (χ0) is 15.9. The summed E-state index contributed by atoms with van der Waals surface area (Å²) in [5.74, 6) is 0.530. The van der Waals surface area contributed by atoms with E-state index in [1.165, 1.54) is 0 Å². The van der Waals surface area contributed by atoms with Gasteiger partial charge in [-0.3, -0.25) is 9.59 Å². The molecule has 1 rings (SSSR count). The van der Waals surface area contributed by atoms with E-state index in [9.17, 15) is 9.59 Å². The van der Waals surface area contributed by atoms with Crippen LogP contribution in [0.5, 0.6) is 0 Å². The fraction of sp³-hybridized carbons (Fsp3) is 0.875. The highest BCUT2D eigenvalue weighted by molar-refractivity contribution is 5.99. The number of rotatable bonds is 4. The SMILES string of the molecule is CC(C)C1C(=O)NC(C)(C)C(=O)N1CC(C)(C)C(C)C. The van der Waals surface area contributed by atoms with Gasteiger partial charge in [-0.25, -0.2) is 0 Å². The van der Waals surface area contributed by atoms with Crippen LogP contribution in [0.25, 0.3) is 0 Å². The number of amides is 2. The summed E-state index contributed by atoms with van der Waals surface area (Å²) in [5.41, 5.74) is -0.827. The Labute approximate surface area is 123 Å². The van der Waals surface area contributed by atoms with Gasteiger partial charge in [-0.05, 0) is 31.1 Å². The third kappa shape index (κ3) is 3.15. The smallest absolute Gasteiger partial charge is 0.248 e. The molecule has 0 aromatic rings. The average Bonchev–Trinajstić information content (AvgIpc) is 2.23. The van der Waals surface area contributed by atoms with Gasteiger partial charge in [0.1, 0.15) is 11.6 Å². The first-order valence-electron chi connectivity index (χ1n) is 7.53. The van der Waals surface area contributed by atoms with Crippen molar-refractivity contribution in [3.05, 3.63) is 0 Å².